The van der Waals surface area contributed by atoms with Crippen LogP contribution in [0, 0.1) is 0 Å². The summed E-state index contributed by atoms with van der Waals surface area (Å²) < 4.78 is 10.6. The predicted molar refractivity (Wildman–Crippen MR) is 112 cm³/mol. The van der Waals surface area contributed by atoms with E-state index in [2.05, 4.69) is 24.1 Å². The van der Waals surface area contributed by atoms with Gasteiger partial charge >= 0.3 is 6.03 Å². The number of urea groups is 1. The molecule has 2 aromatic carbocycles. The third kappa shape index (κ3) is 3.47. The summed E-state index contributed by atoms with van der Waals surface area (Å²) in [6.07, 6.45) is 1.48. The van der Waals surface area contributed by atoms with E-state index in [1.165, 1.54) is 12.1 Å². The van der Waals surface area contributed by atoms with Crippen LogP contribution in [-0.2, 0) is 9.59 Å². The van der Waals surface area contributed by atoms with E-state index in [0.29, 0.717) is 17.1 Å². The fourth-order valence-electron chi connectivity index (χ4n) is 3.45. The molecule has 1 saturated heterocycles. The lowest BCUT2D eigenvalue weighted by Gasteiger charge is -2.26. The number of carbonyl (C=O) groups excluding carboxylic acids is 3. The second-order valence-corrected chi connectivity index (χ2v) is 6.76. The molecule has 1 N–H and O–H groups in total. The van der Waals surface area contributed by atoms with Gasteiger partial charge in [-0.3, -0.25) is 14.9 Å². The van der Waals surface area contributed by atoms with E-state index in [1.54, 1.807) is 12.1 Å². The van der Waals surface area contributed by atoms with E-state index in [4.69, 9.17) is 9.47 Å². The highest BCUT2D eigenvalue weighted by atomic mass is 16.7. The van der Waals surface area contributed by atoms with E-state index in [1.807, 2.05) is 24.3 Å². The molecule has 8 heteroatoms. The SMILES string of the molecule is CCN(CC)c1ccc(/C=C2\C(=O)NC(=O)N(c3ccc4c(c3)OCO4)C2=O)cc1. The number of amides is 4. The van der Waals surface area contributed by atoms with Crippen LogP contribution in [0.4, 0.5) is 16.2 Å². The lowest BCUT2D eigenvalue weighted by Crippen LogP contribution is -2.54. The summed E-state index contributed by atoms with van der Waals surface area (Å²) in [5.74, 6) is -0.462. The number of imide groups is 2. The molecule has 0 unspecified atom stereocenters. The molecular weight excluding hydrogens is 386 g/mol. The minimum Gasteiger partial charge on any atom is -0.454 e. The van der Waals surface area contributed by atoms with Gasteiger partial charge in [-0.1, -0.05) is 12.1 Å². The van der Waals surface area contributed by atoms with Crippen molar-refractivity contribution in [1.29, 1.82) is 0 Å². The smallest absolute Gasteiger partial charge is 0.335 e. The van der Waals surface area contributed by atoms with Gasteiger partial charge in [0.1, 0.15) is 5.57 Å². The van der Waals surface area contributed by atoms with Crippen molar-refractivity contribution in [3.8, 4) is 11.5 Å². The number of nitrogens with one attached hydrogen (secondary N) is 1. The highest BCUT2D eigenvalue weighted by molar-refractivity contribution is 6.39. The molecule has 0 aromatic heterocycles. The molecule has 0 atom stereocenters. The second kappa shape index (κ2) is 7.90. The van der Waals surface area contributed by atoms with Crippen molar-refractivity contribution in [3.63, 3.8) is 0 Å². The van der Waals surface area contributed by atoms with Crippen LogP contribution in [0.1, 0.15) is 19.4 Å². The molecule has 0 saturated carbocycles. The minimum atomic E-state index is -0.808. The number of anilines is 2. The third-order valence-electron chi connectivity index (χ3n) is 5.05. The van der Waals surface area contributed by atoms with E-state index < -0.39 is 17.8 Å². The van der Waals surface area contributed by atoms with Gasteiger partial charge in [0, 0.05) is 24.8 Å². The standard InChI is InChI=1S/C22H21N3O5/c1-3-24(4-2)15-7-5-14(6-8-15)11-17-20(26)23-22(28)25(21(17)27)16-9-10-18-19(12-16)30-13-29-18/h5-12H,3-4,13H2,1-2H3,(H,23,26,28)/b17-11+. The maximum Gasteiger partial charge on any atom is 0.335 e. The van der Waals surface area contributed by atoms with Gasteiger partial charge in [0.2, 0.25) is 6.79 Å². The fraction of sp³-hybridized carbons (Fsp3) is 0.227. The molecule has 0 spiro atoms. The van der Waals surface area contributed by atoms with Gasteiger partial charge in [-0.15, -0.1) is 0 Å². The van der Waals surface area contributed by atoms with Crippen LogP contribution in [0.2, 0.25) is 0 Å². The molecule has 154 valence electrons. The molecule has 2 aromatic rings. The zero-order valence-electron chi connectivity index (χ0n) is 16.7. The summed E-state index contributed by atoms with van der Waals surface area (Å²) in [6.45, 7) is 5.99. The van der Waals surface area contributed by atoms with Crippen LogP contribution in [0.5, 0.6) is 11.5 Å². The maximum absolute atomic E-state index is 13.0. The molecule has 2 heterocycles. The monoisotopic (exact) mass is 407 g/mol. The van der Waals surface area contributed by atoms with Crippen LogP contribution in [-0.4, -0.2) is 37.7 Å². The molecular formula is C22H21N3O5. The highest BCUT2D eigenvalue weighted by Gasteiger charge is 2.37. The number of hydrogen-bond acceptors (Lipinski definition) is 6. The van der Waals surface area contributed by atoms with Crippen molar-refractivity contribution in [1.82, 2.24) is 5.32 Å². The van der Waals surface area contributed by atoms with Crippen molar-refractivity contribution in [2.75, 3.05) is 29.7 Å². The van der Waals surface area contributed by atoms with Crippen molar-refractivity contribution in [3.05, 3.63) is 53.6 Å². The quantitative estimate of drug-likeness (QED) is 0.606. The van der Waals surface area contributed by atoms with E-state index >= 15 is 0 Å². The Bertz CT molecular complexity index is 1040. The average molecular weight is 407 g/mol. The molecule has 0 aliphatic carbocycles. The van der Waals surface area contributed by atoms with Crippen LogP contribution in [0.15, 0.2) is 48.0 Å². The summed E-state index contributed by atoms with van der Waals surface area (Å²) in [5.41, 5.74) is 1.91. The van der Waals surface area contributed by atoms with Gasteiger partial charge in [-0.05, 0) is 49.8 Å². The number of barbiturate groups is 1. The molecule has 1 fully saturated rings. The second-order valence-electron chi connectivity index (χ2n) is 6.76. The number of hydrogen-bond donors (Lipinski definition) is 1. The molecule has 0 bridgehead atoms. The molecule has 0 radical (unpaired) electrons. The Hall–Kier alpha value is -3.81. The zero-order valence-corrected chi connectivity index (χ0v) is 16.7. The lowest BCUT2D eigenvalue weighted by molar-refractivity contribution is -0.122. The first kappa shape index (κ1) is 19.5. The molecule has 2 aliphatic rings. The van der Waals surface area contributed by atoms with Gasteiger partial charge in [-0.2, -0.15) is 0 Å². The fourth-order valence-corrected chi connectivity index (χ4v) is 3.45. The van der Waals surface area contributed by atoms with E-state index in [9.17, 15) is 14.4 Å². The minimum absolute atomic E-state index is 0.0755. The number of rotatable bonds is 5. The first-order chi connectivity index (χ1) is 14.5. The Kier molecular flexibility index (Phi) is 5.14. The number of nitrogens with zero attached hydrogens (tertiary/aromatic N) is 2. The average Bonchev–Trinajstić information content (AvgIpc) is 3.21. The Morgan fingerprint density at radius 1 is 1.00 bits per heavy atom. The Balaban J connectivity index is 1.64. The summed E-state index contributed by atoms with van der Waals surface area (Å²) in [6, 6.07) is 11.5. The van der Waals surface area contributed by atoms with E-state index in [0.717, 1.165) is 23.7 Å². The molecule has 2 aliphatic heterocycles. The van der Waals surface area contributed by atoms with Crippen LogP contribution in [0.25, 0.3) is 6.08 Å². The van der Waals surface area contributed by atoms with Crippen LogP contribution < -0.4 is 24.6 Å². The number of fused-ring (bicyclic) bond motifs is 1. The van der Waals surface area contributed by atoms with Crippen molar-refractivity contribution in [2.24, 2.45) is 0 Å². The summed E-state index contributed by atoms with van der Waals surface area (Å²) >= 11 is 0. The Labute approximate surface area is 173 Å². The van der Waals surface area contributed by atoms with Gasteiger partial charge in [0.15, 0.2) is 11.5 Å². The predicted octanol–water partition coefficient (Wildman–Crippen LogP) is 2.93. The topological polar surface area (TPSA) is 88.2 Å². The summed E-state index contributed by atoms with van der Waals surface area (Å²) in [4.78, 5) is 40.8. The lowest BCUT2D eigenvalue weighted by atomic mass is 10.1. The summed E-state index contributed by atoms with van der Waals surface area (Å²) in [5, 5.41) is 2.22. The first-order valence-corrected chi connectivity index (χ1v) is 9.68. The van der Waals surface area contributed by atoms with Crippen LogP contribution in [0.3, 0.4) is 0 Å². The highest BCUT2D eigenvalue weighted by Crippen LogP contribution is 2.36. The van der Waals surface area contributed by atoms with Crippen molar-refractivity contribution in [2.45, 2.75) is 13.8 Å². The molecule has 8 nitrogen and oxygen atoms in total. The number of benzene rings is 2. The zero-order chi connectivity index (χ0) is 21.3. The van der Waals surface area contributed by atoms with Crippen molar-refractivity contribution >= 4 is 35.3 Å². The normalized spacial score (nSPS) is 16.8. The van der Waals surface area contributed by atoms with Gasteiger partial charge < -0.3 is 14.4 Å². The first-order valence-electron chi connectivity index (χ1n) is 9.68. The number of carbonyl (C=O) groups is 3. The Morgan fingerprint density at radius 2 is 1.70 bits per heavy atom. The Morgan fingerprint density at radius 3 is 2.40 bits per heavy atom. The van der Waals surface area contributed by atoms with Crippen LogP contribution >= 0.6 is 0 Å². The molecule has 30 heavy (non-hydrogen) atoms. The third-order valence-corrected chi connectivity index (χ3v) is 5.05. The van der Waals surface area contributed by atoms with Crippen molar-refractivity contribution < 1.29 is 23.9 Å². The number of ether oxygens (including phenoxy) is 2. The van der Waals surface area contributed by atoms with Gasteiger partial charge in [0.05, 0.1) is 5.69 Å². The summed E-state index contributed by atoms with van der Waals surface area (Å²) in [7, 11) is 0. The largest absolute Gasteiger partial charge is 0.454 e. The maximum atomic E-state index is 13.0. The van der Waals surface area contributed by atoms with E-state index in [-0.39, 0.29) is 18.1 Å². The molecule has 4 rings (SSSR count). The van der Waals surface area contributed by atoms with Gasteiger partial charge in [-0.25, -0.2) is 9.69 Å². The molecule has 4 amide bonds. The van der Waals surface area contributed by atoms with Gasteiger partial charge in [0.25, 0.3) is 11.8 Å².